The van der Waals surface area contributed by atoms with E-state index in [4.69, 9.17) is 4.74 Å². The fourth-order valence-corrected chi connectivity index (χ4v) is 4.72. The maximum absolute atomic E-state index is 12.9. The number of hydrogen-bond acceptors (Lipinski definition) is 10. The van der Waals surface area contributed by atoms with Crippen molar-refractivity contribution in [3.63, 3.8) is 0 Å². The van der Waals surface area contributed by atoms with E-state index in [1.54, 1.807) is 24.8 Å². The number of hydrogen-bond donors (Lipinski definition) is 1. The Morgan fingerprint density at radius 2 is 2.11 bits per heavy atom. The third kappa shape index (κ3) is 4.38. The fourth-order valence-electron chi connectivity index (χ4n) is 4.21. The van der Waals surface area contributed by atoms with Crippen molar-refractivity contribution in [2.45, 2.75) is 19.9 Å². The van der Waals surface area contributed by atoms with E-state index in [0.717, 1.165) is 17.2 Å². The number of carbonyl (C=O) groups excluding carboxylic acids is 1. The molecule has 1 N–H and O–H groups in total. The molecule has 1 aliphatic heterocycles. The van der Waals surface area contributed by atoms with Crippen molar-refractivity contribution in [3.8, 4) is 5.13 Å². The summed E-state index contributed by atoms with van der Waals surface area (Å²) in [6, 6.07) is 3.59. The minimum absolute atomic E-state index is 0.109. The molecule has 1 saturated heterocycles. The predicted octanol–water partition coefficient (Wildman–Crippen LogP) is 1.33. The molecule has 12 nitrogen and oxygen atoms in total. The summed E-state index contributed by atoms with van der Waals surface area (Å²) in [5, 5.41) is 14.6. The van der Waals surface area contributed by atoms with E-state index in [1.807, 2.05) is 17.2 Å². The zero-order chi connectivity index (χ0) is 25.4. The molecule has 13 heteroatoms. The second-order valence-corrected chi connectivity index (χ2v) is 9.33. The number of aryl methyl sites for hydroxylation is 1. The van der Waals surface area contributed by atoms with Gasteiger partial charge in [-0.1, -0.05) is 0 Å². The molecule has 186 valence electrons. The van der Waals surface area contributed by atoms with Crippen LogP contribution >= 0.6 is 11.5 Å². The first-order chi connectivity index (χ1) is 17.4. The van der Waals surface area contributed by atoms with E-state index in [0.29, 0.717) is 48.4 Å². The molecular formula is C23H23N7O5S. The Hall–Kier alpha value is -3.97. The summed E-state index contributed by atoms with van der Waals surface area (Å²) in [4.78, 5) is 48.2. The molecule has 4 aromatic rings. The number of carboxylic acids is 1. The van der Waals surface area contributed by atoms with Crippen LogP contribution in [0.3, 0.4) is 0 Å². The highest BCUT2D eigenvalue weighted by molar-refractivity contribution is 7.08. The molecule has 0 saturated carbocycles. The van der Waals surface area contributed by atoms with Gasteiger partial charge in [-0.05, 0) is 24.6 Å². The number of ketones is 1. The van der Waals surface area contributed by atoms with Gasteiger partial charge in [-0.25, -0.2) is 14.8 Å². The van der Waals surface area contributed by atoms with Crippen LogP contribution in [0.15, 0.2) is 35.6 Å². The third-order valence-corrected chi connectivity index (χ3v) is 6.83. The van der Waals surface area contributed by atoms with Gasteiger partial charge in [-0.3, -0.25) is 18.8 Å². The molecule has 0 bridgehead atoms. The lowest BCUT2D eigenvalue weighted by Crippen LogP contribution is -2.51. The van der Waals surface area contributed by atoms with Gasteiger partial charge in [0.2, 0.25) is 10.6 Å². The smallest absolute Gasteiger partial charge is 0.341 e. The van der Waals surface area contributed by atoms with Gasteiger partial charge in [-0.2, -0.15) is 9.47 Å². The summed E-state index contributed by atoms with van der Waals surface area (Å²) >= 11 is 1.06. The second-order valence-electron chi connectivity index (χ2n) is 8.57. The van der Waals surface area contributed by atoms with Gasteiger partial charge in [0.25, 0.3) is 0 Å². The quantitative estimate of drug-likeness (QED) is 0.351. The minimum atomic E-state index is -1.32. The molecule has 0 amide bonds. The SMILES string of the molecule is COCCn1ccc(CC(=O)C2CN(c3cc(C)c4c(=O)c(C(=O)O)cn(-c5ncns5)c4n3)C2)n1. The standard InChI is InChI=1S/C23H23N7O5S/c1-13-7-18(28-9-14(10-28)17(31)8-15-3-4-29(27-15)5-6-35-2)26-21-19(13)20(32)16(22(33)34)11-30(21)23-24-12-25-36-23/h3-4,7,11-12,14H,5-6,8-10H2,1-2H3,(H,33,34). The Kier molecular flexibility index (Phi) is 6.33. The van der Waals surface area contributed by atoms with Gasteiger partial charge in [0.05, 0.1) is 36.6 Å². The fraction of sp³-hybridized carbons (Fsp3) is 0.348. The maximum Gasteiger partial charge on any atom is 0.341 e. The van der Waals surface area contributed by atoms with Gasteiger partial charge in [0.15, 0.2) is 5.65 Å². The van der Waals surface area contributed by atoms with Crippen LogP contribution in [0.4, 0.5) is 5.82 Å². The Bertz CT molecular complexity index is 1510. The monoisotopic (exact) mass is 509 g/mol. The number of carbonyl (C=O) groups is 2. The molecule has 1 aliphatic rings. The first kappa shape index (κ1) is 23.8. The molecule has 0 atom stereocenters. The van der Waals surface area contributed by atoms with E-state index in [9.17, 15) is 19.5 Å². The number of aromatic nitrogens is 6. The van der Waals surface area contributed by atoms with Crippen molar-refractivity contribution in [1.82, 2.24) is 28.7 Å². The lowest BCUT2D eigenvalue weighted by Gasteiger charge is -2.39. The van der Waals surface area contributed by atoms with Crippen LogP contribution in [0.5, 0.6) is 0 Å². The van der Waals surface area contributed by atoms with Crippen molar-refractivity contribution in [3.05, 3.63) is 57.9 Å². The molecule has 5 rings (SSSR count). The molecule has 0 unspecified atom stereocenters. The number of ether oxygens (including phenoxy) is 1. The van der Waals surface area contributed by atoms with E-state index in [-0.39, 0.29) is 29.1 Å². The third-order valence-electron chi connectivity index (χ3n) is 6.16. The Morgan fingerprint density at radius 3 is 2.81 bits per heavy atom. The van der Waals surface area contributed by atoms with Crippen LogP contribution in [-0.4, -0.2) is 72.4 Å². The van der Waals surface area contributed by atoms with Crippen LogP contribution in [0, 0.1) is 12.8 Å². The van der Waals surface area contributed by atoms with Crippen molar-refractivity contribution >= 4 is 40.1 Å². The molecule has 0 aliphatic carbocycles. The highest BCUT2D eigenvalue weighted by Gasteiger charge is 2.34. The van der Waals surface area contributed by atoms with E-state index in [1.165, 1.54) is 17.1 Å². The van der Waals surface area contributed by atoms with E-state index < -0.39 is 11.4 Å². The lowest BCUT2D eigenvalue weighted by atomic mass is 9.92. The number of methoxy groups -OCH3 is 1. The van der Waals surface area contributed by atoms with Crippen LogP contribution < -0.4 is 10.3 Å². The number of nitrogens with zero attached hydrogens (tertiary/aromatic N) is 7. The van der Waals surface area contributed by atoms with Crippen LogP contribution in [0.25, 0.3) is 16.2 Å². The molecular weight excluding hydrogens is 486 g/mol. The molecule has 0 aromatic carbocycles. The van der Waals surface area contributed by atoms with E-state index >= 15 is 0 Å². The zero-order valence-corrected chi connectivity index (χ0v) is 20.4. The van der Waals surface area contributed by atoms with Crippen molar-refractivity contribution in [1.29, 1.82) is 0 Å². The van der Waals surface area contributed by atoms with E-state index in [2.05, 4.69) is 19.4 Å². The zero-order valence-electron chi connectivity index (χ0n) is 19.6. The average molecular weight is 510 g/mol. The number of fused-ring (bicyclic) bond motifs is 1. The van der Waals surface area contributed by atoms with Crippen LogP contribution in [0.2, 0.25) is 0 Å². The Labute approximate surface area is 209 Å². The predicted molar refractivity (Wildman–Crippen MR) is 131 cm³/mol. The summed E-state index contributed by atoms with van der Waals surface area (Å²) in [7, 11) is 1.63. The molecule has 1 fully saturated rings. The molecule has 0 spiro atoms. The number of Topliss-reactive ketones (excluding diaryl/α,β-unsaturated/α-hetero) is 1. The highest BCUT2D eigenvalue weighted by Crippen LogP contribution is 2.29. The summed E-state index contributed by atoms with van der Waals surface area (Å²) < 4.78 is 12.3. The Morgan fingerprint density at radius 1 is 1.31 bits per heavy atom. The number of rotatable bonds is 9. The summed E-state index contributed by atoms with van der Waals surface area (Å²) in [6.45, 7) is 3.92. The van der Waals surface area contributed by atoms with Gasteiger partial charge in [0.1, 0.15) is 23.5 Å². The van der Waals surface area contributed by atoms with Crippen molar-refractivity contribution in [2.75, 3.05) is 31.7 Å². The van der Waals surface area contributed by atoms with Crippen LogP contribution in [0.1, 0.15) is 21.6 Å². The number of carboxylic acid groups (broad SMARTS) is 1. The summed E-state index contributed by atoms with van der Waals surface area (Å²) in [6.07, 6.45) is 4.69. The maximum atomic E-state index is 12.9. The number of anilines is 1. The molecule has 4 aromatic heterocycles. The van der Waals surface area contributed by atoms with Gasteiger partial charge in [0, 0.05) is 44.1 Å². The number of aromatic carboxylic acids is 1. The molecule has 0 radical (unpaired) electrons. The van der Waals surface area contributed by atoms with Gasteiger partial charge >= 0.3 is 5.97 Å². The lowest BCUT2D eigenvalue weighted by molar-refractivity contribution is -0.123. The summed E-state index contributed by atoms with van der Waals surface area (Å²) in [5.74, 6) is -0.755. The topological polar surface area (TPSA) is 145 Å². The Balaban J connectivity index is 1.38. The highest BCUT2D eigenvalue weighted by atomic mass is 32.1. The number of pyridine rings is 2. The minimum Gasteiger partial charge on any atom is -0.477 e. The largest absolute Gasteiger partial charge is 0.477 e. The summed E-state index contributed by atoms with van der Waals surface area (Å²) in [5.41, 5.74) is 0.654. The molecule has 5 heterocycles. The first-order valence-corrected chi connectivity index (χ1v) is 12.0. The van der Waals surface area contributed by atoms with Crippen molar-refractivity contribution in [2.24, 2.45) is 5.92 Å². The van der Waals surface area contributed by atoms with Gasteiger partial charge in [-0.15, -0.1) is 0 Å². The molecule has 36 heavy (non-hydrogen) atoms. The second kappa shape index (κ2) is 9.59. The average Bonchev–Trinajstić information content (AvgIpc) is 3.49. The van der Waals surface area contributed by atoms with Crippen LogP contribution in [-0.2, 0) is 22.5 Å². The van der Waals surface area contributed by atoms with Crippen molar-refractivity contribution < 1.29 is 19.4 Å². The van der Waals surface area contributed by atoms with Gasteiger partial charge < -0.3 is 14.7 Å². The normalized spacial score (nSPS) is 13.8. The first-order valence-electron chi connectivity index (χ1n) is 11.2.